The van der Waals surface area contributed by atoms with Crippen molar-refractivity contribution in [2.75, 3.05) is 0 Å². The van der Waals surface area contributed by atoms with E-state index in [1.807, 2.05) is 19.3 Å². The molecule has 0 saturated heterocycles. The highest BCUT2D eigenvalue weighted by molar-refractivity contribution is 5.09. The van der Waals surface area contributed by atoms with Crippen LogP contribution in [0.1, 0.15) is 88.9 Å². The zero-order chi connectivity index (χ0) is 16.9. The van der Waals surface area contributed by atoms with Crippen molar-refractivity contribution < 1.29 is 5.11 Å². The maximum atomic E-state index is 9.45. The monoisotopic (exact) mass is 330 g/mol. The van der Waals surface area contributed by atoms with Crippen LogP contribution in [-0.2, 0) is 6.42 Å². The van der Waals surface area contributed by atoms with Crippen LogP contribution in [0.25, 0.3) is 0 Å². The van der Waals surface area contributed by atoms with E-state index in [4.69, 9.17) is 0 Å². The lowest BCUT2D eigenvalue weighted by molar-refractivity contribution is 0.157. The predicted octanol–water partition coefficient (Wildman–Crippen LogP) is 4.89. The lowest BCUT2D eigenvalue weighted by Gasteiger charge is -2.37. The number of aromatic nitrogens is 2. The molecule has 134 valence electrons. The van der Waals surface area contributed by atoms with Gasteiger partial charge in [0.05, 0.1) is 6.10 Å². The second kappa shape index (κ2) is 8.42. The number of hydrogen-bond donors (Lipinski definition) is 1. The van der Waals surface area contributed by atoms with Crippen LogP contribution in [0.3, 0.4) is 0 Å². The van der Waals surface area contributed by atoms with Crippen molar-refractivity contribution in [3.05, 3.63) is 23.8 Å². The van der Waals surface area contributed by atoms with Gasteiger partial charge >= 0.3 is 0 Å². The number of aliphatic hydroxyl groups excluding tert-OH is 1. The van der Waals surface area contributed by atoms with Gasteiger partial charge in [0.25, 0.3) is 0 Å². The number of aliphatic hydroxyl groups is 1. The highest BCUT2D eigenvalue weighted by Crippen LogP contribution is 2.43. The van der Waals surface area contributed by atoms with E-state index in [2.05, 4.69) is 16.9 Å². The van der Waals surface area contributed by atoms with Crippen molar-refractivity contribution in [1.82, 2.24) is 9.97 Å². The molecule has 1 heterocycles. The average molecular weight is 331 g/mol. The molecular weight excluding hydrogens is 296 g/mol. The minimum atomic E-state index is -0.322. The second-order valence-electron chi connectivity index (χ2n) is 8.30. The summed E-state index contributed by atoms with van der Waals surface area (Å²) >= 11 is 0. The van der Waals surface area contributed by atoms with Gasteiger partial charge in [0.1, 0.15) is 5.82 Å². The standard InChI is InChI=1S/C21H34N2O/c1-3-16-4-6-18(7-5-16)19-8-10-20(11-9-19)21-22-13-17(14-23-21)12-15(2)24/h13-16,18-20,24H,3-12H2,1-2H3. The van der Waals surface area contributed by atoms with E-state index in [1.165, 1.54) is 57.8 Å². The normalized spacial score (nSPS) is 32.5. The van der Waals surface area contributed by atoms with E-state index in [1.54, 1.807) is 0 Å². The van der Waals surface area contributed by atoms with E-state index >= 15 is 0 Å². The molecule has 1 atom stereocenters. The Labute approximate surface area is 147 Å². The van der Waals surface area contributed by atoms with Gasteiger partial charge in [-0.25, -0.2) is 9.97 Å². The molecule has 0 aromatic carbocycles. The van der Waals surface area contributed by atoms with Gasteiger partial charge in [0.2, 0.25) is 0 Å². The van der Waals surface area contributed by atoms with Crippen molar-refractivity contribution in [3.63, 3.8) is 0 Å². The Morgan fingerprint density at radius 3 is 2.00 bits per heavy atom. The Kier molecular flexibility index (Phi) is 6.26. The van der Waals surface area contributed by atoms with E-state index in [-0.39, 0.29) is 6.10 Å². The van der Waals surface area contributed by atoms with Gasteiger partial charge in [0, 0.05) is 24.7 Å². The maximum absolute atomic E-state index is 9.45. The summed E-state index contributed by atoms with van der Waals surface area (Å²) in [6.07, 6.45) is 16.6. The largest absolute Gasteiger partial charge is 0.393 e. The zero-order valence-corrected chi connectivity index (χ0v) is 15.5. The summed E-state index contributed by atoms with van der Waals surface area (Å²) in [4.78, 5) is 9.18. The fourth-order valence-electron chi connectivity index (χ4n) is 4.94. The molecule has 1 unspecified atom stereocenters. The number of nitrogens with zero attached hydrogens (tertiary/aromatic N) is 2. The number of hydrogen-bond acceptors (Lipinski definition) is 3. The third-order valence-electron chi connectivity index (χ3n) is 6.53. The van der Waals surface area contributed by atoms with Gasteiger partial charge in [-0.1, -0.05) is 26.2 Å². The summed E-state index contributed by atoms with van der Waals surface area (Å²) in [6, 6.07) is 0. The Morgan fingerprint density at radius 1 is 0.958 bits per heavy atom. The predicted molar refractivity (Wildman–Crippen MR) is 97.9 cm³/mol. The smallest absolute Gasteiger partial charge is 0.131 e. The summed E-state index contributed by atoms with van der Waals surface area (Å²) in [5, 5.41) is 9.45. The summed E-state index contributed by atoms with van der Waals surface area (Å²) < 4.78 is 0. The van der Waals surface area contributed by atoms with Gasteiger partial charge in [0.15, 0.2) is 0 Å². The minimum absolute atomic E-state index is 0.322. The molecule has 2 saturated carbocycles. The molecule has 3 nitrogen and oxygen atoms in total. The molecule has 1 aromatic heterocycles. The Bertz CT molecular complexity index is 483. The molecule has 2 fully saturated rings. The molecule has 1 aromatic rings. The van der Waals surface area contributed by atoms with Gasteiger partial charge in [-0.3, -0.25) is 0 Å². The fraction of sp³-hybridized carbons (Fsp3) is 0.810. The van der Waals surface area contributed by atoms with E-state index in [0.717, 1.165) is 29.1 Å². The van der Waals surface area contributed by atoms with Gasteiger partial charge in [-0.15, -0.1) is 0 Å². The first-order valence-corrected chi connectivity index (χ1v) is 10.1. The third kappa shape index (κ3) is 4.56. The van der Waals surface area contributed by atoms with Crippen LogP contribution in [0.15, 0.2) is 12.4 Å². The topological polar surface area (TPSA) is 46.0 Å². The maximum Gasteiger partial charge on any atom is 0.131 e. The molecule has 24 heavy (non-hydrogen) atoms. The average Bonchev–Trinajstić information content (AvgIpc) is 2.62. The summed E-state index contributed by atoms with van der Waals surface area (Å²) in [7, 11) is 0. The van der Waals surface area contributed by atoms with Crippen LogP contribution in [0, 0.1) is 17.8 Å². The Hall–Kier alpha value is -0.960. The van der Waals surface area contributed by atoms with Crippen molar-refractivity contribution in [3.8, 4) is 0 Å². The van der Waals surface area contributed by atoms with Crippen LogP contribution >= 0.6 is 0 Å². The van der Waals surface area contributed by atoms with Crippen LogP contribution < -0.4 is 0 Å². The first-order valence-electron chi connectivity index (χ1n) is 10.1. The van der Waals surface area contributed by atoms with E-state index in [0.29, 0.717) is 12.3 Å². The quantitative estimate of drug-likeness (QED) is 0.836. The van der Waals surface area contributed by atoms with E-state index < -0.39 is 0 Å². The Morgan fingerprint density at radius 2 is 1.50 bits per heavy atom. The highest BCUT2D eigenvalue weighted by atomic mass is 16.3. The van der Waals surface area contributed by atoms with Crippen molar-refractivity contribution >= 4 is 0 Å². The molecule has 3 heteroatoms. The van der Waals surface area contributed by atoms with Crippen LogP contribution in [0.4, 0.5) is 0 Å². The molecule has 0 amide bonds. The molecule has 0 aliphatic heterocycles. The molecule has 0 radical (unpaired) electrons. The molecule has 3 rings (SSSR count). The number of rotatable bonds is 5. The summed E-state index contributed by atoms with van der Waals surface area (Å²) in [5.41, 5.74) is 1.04. The molecule has 1 N–H and O–H groups in total. The zero-order valence-electron chi connectivity index (χ0n) is 15.5. The first-order chi connectivity index (χ1) is 11.7. The summed E-state index contributed by atoms with van der Waals surface area (Å²) in [6.45, 7) is 4.16. The molecule has 0 bridgehead atoms. The summed E-state index contributed by atoms with van der Waals surface area (Å²) in [5.74, 6) is 4.52. The van der Waals surface area contributed by atoms with Crippen LogP contribution in [0.2, 0.25) is 0 Å². The molecular formula is C21H34N2O. The molecule has 2 aliphatic rings. The minimum Gasteiger partial charge on any atom is -0.393 e. The van der Waals surface area contributed by atoms with Crippen molar-refractivity contribution in [2.24, 2.45) is 17.8 Å². The Balaban J connectivity index is 1.48. The van der Waals surface area contributed by atoms with Gasteiger partial charge in [-0.2, -0.15) is 0 Å². The SMILES string of the molecule is CCC1CCC(C2CCC(c3ncc(CC(C)O)cn3)CC2)CC1. The second-order valence-corrected chi connectivity index (χ2v) is 8.30. The van der Waals surface area contributed by atoms with Crippen molar-refractivity contribution in [1.29, 1.82) is 0 Å². The van der Waals surface area contributed by atoms with Crippen molar-refractivity contribution in [2.45, 2.75) is 90.1 Å². The molecule has 2 aliphatic carbocycles. The third-order valence-corrected chi connectivity index (χ3v) is 6.53. The highest BCUT2D eigenvalue weighted by Gasteiger charge is 2.31. The first kappa shape index (κ1) is 17.8. The van der Waals surface area contributed by atoms with Gasteiger partial charge < -0.3 is 5.11 Å². The fourth-order valence-corrected chi connectivity index (χ4v) is 4.94. The van der Waals surface area contributed by atoms with Crippen LogP contribution in [-0.4, -0.2) is 21.2 Å². The van der Waals surface area contributed by atoms with E-state index in [9.17, 15) is 5.11 Å². The van der Waals surface area contributed by atoms with Crippen LogP contribution in [0.5, 0.6) is 0 Å². The molecule has 0 spiro atoms. The lowest BCUT2D eigenvalue weighted by atomic mass is 9.69. The van der Waals surface area contributed by atoms with Gasteiger partial charge in [-0.05, 0) is 68.8 Å². The lowest BCUT2D eigenvalue weighted by Crippen LogP contribution is -2.25.